The summed E-state index contributed by atoms with van der Waals surface area (Å²) >= 11 is 5.90. The summed E-state index contributed by atoms with van der Waals surface area (Å²) in [5.41, 5.74) is 1.88. The number of hydrogen-bond donors (Lipinski definition) is 2. The molecular weight excluding hydrogens is 510 g/mol. The van der Waals surface area contributed by atoms with Crippen molar-refractivity contribution in [2.45, 2.75) is 51.5 Å². The third kappa shape index (κ3) is 5.51. The number of aromatic nitrogens is 2. The number of halogens is 1. The molecule has 5 rings (SSSR count). The molecule has 3 amide bonds. The molecule has 0 bridgehead atoms. The van der Waals surface area contributed by atoms with Crippen LogP contribution in [0.1, 0.15) is 61.7 Å². The zero-order valence-electron chi connectivity index (χ0n) is 21.3. The van der Waals surface area contributed by atoms with Crippen LogP contribution in [-0.4, -0.2) is 58.4 Å². The summed E-state index contributed by atoms with van der Waals surface area (Å²) in [6.45, 7) is 5.29. The fraction of sp³-hybridized carbons (Fsp3) is 0.444. The molecule has 0 radical (unpaired) electrons. The second kappa shape index (κ2) is 11.1. The summed E-state index contributed by atoms with van der Waals surface area (Å²) in [6.07, 6.45) is 4.17. The van der Waals surface area contributed by atoms with Gasteiger partial charge in [0, 0.05) is 30.4 Å². The maximum absolute atomic E-state index is 13.4. The van der Waals surface area contributed by atoms with Crippen molar-refractivity contribution in [1.29, 1.82) is 0 Å². The summed E-state index contributed by atoms with van der Waals surface area (Å²) in [6, 6.07) is 6.92. The van der Waals surface area contributed by atoms with Gasteiger partial charge in [-0.2, -0.15) is 0 Å². The zero-order valence-corrected chi connectivity index (χ0v) is 22.1. The van der Waals surface area contributed by atoms with Gasteiger partial charge in [-0.1, -0.05) is 25.4 Å². The quantitative estimate of drug-likeness (QED) is 0.468. The molecule has 0 spiro atoms. The molecule has 11 heteroatoms. The number of anilines is 2. The number of morpholine rings is 1. The number of amides is 3. The normalized spacial score (nSPS) is 20.1. The molecule has 200 valence electrons. The molecule has 3 aromatic heterocycles. The van der Waals surface area contributed by atoms with Crippen LogP contribution in [0.3, 0.4) is 0 Å². The topological polar surface area (TPSA) is 127 Å². The van der Waals surface area contributed by atoms with Crippen LogP contribution in [-0.2, 0) is 14.3 Å². The molecule has 1 aliphatic carbocycles. The van der Waals surface area contributed by atoms with Crippen LogP contribution < -0.4 is 10.6 Å². The number of rotatable bonds is 6. The lowest BCUT2D eigenvalue weighted by atomic mass is 9.84. The van der Waals surface area contributed by atoms with Crippen molar-refractivity contribution in [3.63, 3.8) is 0 Å². The van der Waals surface area contributed by atoms with E-state index in [1.54, 1.807) is 18.2 Å². The third-order valence-electron chi connectivity index (χ3n) is 7.10. The van der Waals surface area contributed by atoms with Crippen molar-refractivity contribution in [3.05, 3.63) is 46.9 Å². The van der Waals surface area contributed by atoms with Gasteiger partial charge in [0.25, 0.3) is 5.91 Å². The second-order valence-corrected chi connectivity index (χ2v) is 10.4. The SMILES string of the molecule is CC(C)c1ccc2oc(C(=O)Nc3ccc(Cl)cn3)c(NC(=O)[C@H]3CC[C@H](N4CCOCC4=O)CC3)c2n1. The van der Waals surface area contributed by atoms with Gasteiger partial charge in [-0.25, -0.2) is 9.97 Å². The maximum Gasteiger partial charge on any atom is 0.294 e. The molecule has 2 aliphatic rings. The van der Waals surface area contributed by atoms with E-state index in [0.29, 0.717) is 47.9 Å². The highest BCUT2D eigenvalue weighted by Gasteiger charge is 2.34. The van der Waals surface area contributed by atoms with Gasteiger partial charge < -0.3 is 24.7 Å². The molecule has 3 aromatic rings. The number of fused-ring (bicyclic) bond motifs is 1. The molecule has 10 nitrogen and oxygen atoms in total. The lowest BCUT2D eigenvalue weighted by Crippen LogP contribution is -2.49. The lowest BCUT2D eigenvalue weighted by molar-refractivity contribution is -0.146. The van der Waals surface area contributed by atoms with E-state index in [1.807, 2.05) is 24.8 Å². The summed E-state index contributed by atoms with van der Waals surface area (Å²) in [7, 11) is 0. The third-order valence-corrected chi connectivity index (χ3v) is 7.32. The summed E-state index contributed by atoms with van der Waals surface area (Å²) < 4.78 is 11.1. The second-order valence-electron chi connectivity index (χ2n) is 9.99. The average Bonchev–Trinajstić information content (AvgIpc) is 3.28. The molecule has 0 unspecified atom stereocenters. The highest BCUT2D eigenvalue weighted by molar-refractivity contribution is 6.30. The molecule has 2 N–H and O–H groups in total. The fourth-order valence-electron chi connectivity index (χ4n) is 5.00. The van der Waals surface area contributed by atoms with Gasteiger partial charge in [-0.05, 0) is 55.9 Å². The molecule has 0 atom stereocenters. The Bertz CT molecular complexity index is 1350. The first-order valence-corrected chi connectivity index (χ1v) is 13.2. The highest BCUT2D eigenvalue weighted by atomic mass is 35.5. The van der Waals surface area contributed by atoms with Crippen molar-refractivity contribution < 1.29 is 23.5 Å². The van der Waals surface area contributed by atoms with Crippen LogP contribution in [0.2, 0.25) is 5.02 Å². The lowest BCUT2D eigenvalue weighted by Gasteiger charge is -2.38. The molecule has 1 saturated heterocycles. The largest absolute Gasteiger partial charge is 0.447 e. The fourth-order valence-corrected chi connectivity index (χ4v) is 5.11. The van der Waals surface area contributed by atoms with Crippen LogP contribution in [0.5, 0.6) is 0 Å². The molecule has 1 saturated carbocycles. The first kappa shape index (κ1) is 26.1. The number of pyridine rings is 2. The Balaban J connectivity index is 1.36. The van der Waals surface area contributed by atoms with E-state index in [9.17, 15) is 14.4 Å². The number of ether oxygens (including phenoxy) is 1. The Morgan fingerprint density at radius 2 is 1.89 bits per heavy atom. The van der Waals surface area contributed by atoms with Crippen molar-refractivity contribution >= 4 is 51.9 Å². The predicted octanol–water partition coefficient (Wildman–Crippen LogP) is 4.61. The van der Waals surface area contributed by atoms with E-state index in [4.69, 9.17) is 25.7 Å². The maximum atomic E-state index is 13.4. The monoisotopic (exact) mass is 539 g/mol. The number of carbonyl (C=O) groups is 3. The highest BCUT2D eigenvalue weighted by Crippen LogP contribution is 2.34. The zero-order chi connectivity index (χ0) is 26.8. The standard InChI is InChI=1S/C27H30ClN5O5/c1-15(2)19-8-9-20-23(30-19)24(25(38-20)27(36)31-21-10-5-17(28)13-29-21)32-26(35)16-3-6-18(7-4-16)33-11-12-37-14-22(33)34/h5,8-10,13,15-16,18H,3-4,6-7,11-12,14H2,1-2H3,(H,32,35)(H,29,31,36)/t16-,18-. The van der Waals surface area contributed by atoms with Gasteiger partial charge in [0.05, 0.1) is 11.6 Å². The van der Waals surface area contributed by atoms with Crippen molar-refractivity contribution in [2.75, 3.05) is 30.4 Å². The number of carbonyl (C=O) groups excluding carboxylic acids is 3. The van der Waals surface area contributed by atoms with Gasteiger partial charge in [-0.3, -0.25) is 14.4 Å². The Morgan fingerprint density at radius 1 is 1.11 bits per heavy atom. The molecule has 38 heavy (non-hydrogen) atoms. The number of hydrogen-bond acceptors (Lipinski definition) is 7. The minimum Gasteiger partial charge on any atom is -0.447 e. The van der Waals surface area contributed by atoms with E-state index in [0.717, 1.165) is 18.5 Å². The summed E-state index contributed by atoms with van der Waals surface area (Å²) in [5, 5.41) is 6.09. The van der Waals surface area contributed by atoms with E-state index in [-0.39, 0.29) is 47.7 Å². The van der Waals surface area contributed by atoms with Gasteiger partial charge in [0.1, 0.15) is 23.6 Å². The van der Waals surface area contributed by atoms with Crippen molar-refractivity contribution in [2.24, 2.45) is 5.92 Å². The minimum absolute atomic E-state index is 0.00637. The summed E-state index contributed by atoms with van der Waals surface area (Å²) in [4.78, 5) is 49.5. The van der Waals surface area contributed by atoms with Crippen LogP contribution in [0.15, 0.2) is 34.9 Å². The van der Waals surface area contributed by atoms with E-state index in [1.165, 1.54) is 6.20 Å². The predicted molar refractivity (Wildman–Crippen MR) is 142 cm³/mol. The van der Waals surface area contributed by atoms with Crippen molar-refractivity contribution in [1.82, 2.24) is 14.9 Å². The van der Waals surface area contributed by atoms with E-state index in [2.05, 4.69) is 15.6 Å². The summed E-state index contributed by atoms with van der Waals surface area (Å²) in [5.74, 6) is -0.619. The molecule has 4 heterocycles. The molecule has 0 aromatic carbocycles. The Kier molecular flexibility index (Phi) is 7.62. The Morgan fingerprint density at radius 3 is 2.58 bits per heavy atom. The van der Waals surface area contributed by atoms with Crippen LogP contribution in [0.25, 0.3) is 11.1 Å². The molecule has 2 fully saturated rings. The minimum atomic E-state index is -0.561. The molecule has 1 aliphatic heterocycles. The van der Waals surface area contributed by atoms with Crippen LogP contribution >= 0.6 is 11.6 Å². The van der Waals surface area contributed by atoms with Gasteiger partial charge in [0.15, 0.2) is 5.58 Å². The van der Waals surface area contributed by atoms with E-state index >= 15 is 0 Å². The van der Waals surface area contributed by atoms with Gasteiger partial charge >= 0.3 is 0 Å². The van der Waals surface area contributed by atoms with E-state index < -0.39 is 5.91 Å². The molecular formula is C27H30ClN5O5. The van der Waals surface area contributed by atoms with Crippen molar-refractivity contribution in [3.8, 4) is 0 Å². The Hall–Kier alpha value is -3.50. The number of nitrogens with zero attached hydrogens (tertiary/aromatic N) is 3. The average molecular weight is 540 g/mol. The first-order chi connectivity index (χ1) is 18.3. The number of furan rings is 1. The number of nitrogens with one attached hydrogen (secondary N) is 2. The van der Waals surface area contributed by atoms with Gasteiger partial charge in [0.2, 0.25) is 17.6 Å². The van der Waals surface area contributed by atoms with Crippen LogP contribution in [0.4, 0.5) is 11.5 Å². The first-order valence-electron chi connectivity index (χ1n) is 12.8. The van der Waals surface area contributed by atoms with Crippen LogP contribution in [0, 0.1) is 5.92 Å². The smallest absolute Gasteiger partial charge is 0.294 e. The van der Waals surface area contributed by atoms with Gasteiger partial charge in [-0.15, -0.1) is 0 Å². The Labute approximate surface area is 225 Å².